The van der Waals surface area contributed by atoms with Crippen LogP contribution in [0.15, 0.2) is 48.5 Å². The van der Waals surface area contributed by atoms with Gasteiger partial charge in [0.15, 0.2) is 0 Å². The van der Waals surface area contributed by atoms with Crippen LogP contribution in [0.1, 0.15) is 25.8 Å². The Labute approximate surface area is 109 Å². The number of ether oxygens (including phenoxy) is 1. The average Bonchev–Trinajstić information content (AvgIpc) is 2.46. The number of hydrogen-bond donors (Lipinski definition) is 0. The van der Waals surface area contributed by atoms with Crippen LogP contribution in [0.5, 0.6) is 5.75 Å². The lowest BCUT2D eigenvalue weighted by molar-refractivity contribution is 0.314. The van der Waals surface area contributed by atoms with Crippen molar-refractivity contribution in [3.05, 3.63) is 54.1 Å². The summed E-state index contributed by atoms with van der Waals surface area (Å²) in [6.07, 6.45) is 2.04. The zero-order valence-electron chi connectivity index (χ0n) is 11.1. The average molecular weight is 240 g/mol. The zero-order valence-corrected chi connectivity index (χ0v) is 11.1. The molecule has 2 aromatic rings. The fraction of sp³-hybridized carbons (Fsp3) is 0.294. The molecule has 0 aliphatic carbocycles. The molecule has 1 heteroatoms. The van der Waals surface area contributed by atoms with Gasteiger partial charge in [-0.25, -0.2) is 0 Å². The molecule has 0 bridgehead atoms. The van der Waals surface area contributed by atoms with Crippen molar-refractivity contribution in [3.8, 4) is 16.9 Å². The Morgan fingerprint density at radius 1 is 0.889 bits per heavy atom. The maximum absolute atomic E-state index is 5.77. The molecular weight excluding hydrogens is 220 g/mol. The van der Waals surface area contributed by atoms with Gasteiger partial charge in [-0.2, -0.15) is 0 Å². The molecule has 0 aliphatic rings. The minimum atomic E-state index is 0.789. The maximum Gasteiger partial charge on any atom is 0.122 e. The van der Waals surface area contributed by atoms with Crippen molar-refractivity contribution < 1.29 is 4.74 Å². The van der Waals surface area contributed by atoms with E-state index in [1.807, 2.05) is 6.07 Å². The van der Waals surface area contributed by atoms with Crippen LogP contribution in [0.25, 0.3) is 11.1 Å². The predicted octanol–water partition coefficient (Wildman–Crippen LogP) is 4.70. The molecule has 0 aliphatic heterocycles. The van der Waals surface area contributed by atoms with Gasteiger partial charge in [0.1, 0.15) is 5.75 Å². The first-order chi connectivity index (χ1) is 8.85. The summed E-state index contributed by atoms with van der Waals surface area (Å²) in [5.41, 5.74) is 3.80. The van der Waals surface area contributed by atoms with Crippen LogP contribution in [0.4, 0.5) is 0 Å². The van der Waals surface area contributed by atoms with E-state index >= 15 is 0 Å². The monoisotopic (exact) mass is 240 g/mol. The second kappa shape index (κ2) is 6.25. The van der Waals surface area contributed by atoms with Gasteiger partial charge >= 0.3 is 0 Å². The Balaban J connectivity index is 2.30. The summed E-state index contributed by atoms with van der Waals surface area (Å²) in [5, 5.41) is 0. The summed E-state index contributed by atoms with van der Waals surface area (Å²) >= 11 is 0. The van der Waals surface area contributed by atoms with Crippen molar-refractivity contribution in [2.24, 2.45) is 0 Å². The molecule has 0 unspecified atom stereocenters. The summed E-state index contributed by atoms with van der Waals surface area (Å²) in [7, 11) is 0. The summed E-state index contributed by atoms with van der Waals surface area (Å²) in [4.78, 5) is 0. The SMILES string of the molecule is CCCOc1ccc(-c2ccccc2)cc1CC. The lowest BCUT2D eigenvalue weighted by Gasteiger charge is -2.11. The molecule has 2 aromatic carbocycles. The number of hydrogen-bond acceptors (Lipinski definition) is 1. The minimum Gasteiger partial charge on any atom is -0.493 e. The molecule has 2 rings (SSSR count). The number of rotatable bonds is 5. The highest BCUT2D eigenvalue weighted by Gasteiger charge is 2.04. The van der Waals surface area contributed by atoms with Crippen LogP contribution in [-0.4, -0.2) is 6.61 Å². The molecule has 0 amide bonds. The molecule has 0 saturated heterocycles. The van der Waals surface area contributed by atoms with Gasteiger partial charge < -0.3 is 4.74 Å². The first kappa shape index (κ1) is 12.7. The summed E-state index contributed by atoms with van der Waals surface area (Å²) in [6.45, 7) is 5.09. The standard InChI is InChI=1S/C17H20O/c1-3-12-18-17-11-10-16(13-14(17)4-2)15-8-6-5-7-9-15/h5-11,13H,3-4,12H2,1-2H3. The van der Waals surface area contributed by atoms with Gasteiger partial charge in [0.2, 0.25) is 0 Å². The van der Waals surface area contributed by atoms with Gasteiger partial charge in [-0.05, 0) is 41.7 Å². The molecule has 94 valence electrons. The molecule has 0 radical (unpaired) electrons. The molecule has 0 saturated carbocycles. The molecule has 0 N–H and O–H groups in total. The van der Waals surface area contributed by atoms with Crippen molar-refractivity contribution in [2.75, 3.05) is 6.61 Å². The zero-order chi connectivity index (χ0) is 12.8. The van der Waals surface area contributed by atoms with E-state index in [2.05, 4.69) is 56.3 Å². The maximum atomic E-state index is 5.77. The van der Waals surface area contributed by atoms with Crippen molar-refractivity contribution >= 4 is 0 Å². The quantitative estimate of drug-likeness (QED) is 0.735. The second-order valence-electron chi connectivity index (χ2n) is 4.39. The lowest BCUT2D eigenvalue weighted by Crippen LogP contribution is -1.98. The topological polar surface area (TPSA) is 9.23 Å². The van der Waals surface area contributed by atoms with Crippen LogP contribution in [-0.2, 0) is 6.42 Å². The van der Waals surface area contributed by atoms with E-state index in [0.717, 1.165) is 25.2 Å². The van der Waals surface area contributed by atoms with E-state index in [9.17, 15) is 0 Å². The Morgan fingerprint density at radius 2 is 1.67 bits per heavy atom. The van der Waals surface area contributed by atoms with Crippen LogP contribution in [0.2, 0.25) is 0 Å². The Morgan fingerprint density at radius 3 is 2.33 bits per heavy atom. The van der Waals surface area contributed by atoms with Crippen LogP contribution < -0.4 is 4.74 Å². The highest BCUT2D eigenvalue weighted by atomic mass is 16.5. The van der Waals surface area contributed by atoms with Gasteiger partial charge in [-0.1, -0.05) is 50.2 Å². The fourth-order valence-electron chi connectivity index (χ4n) is 2.02. The first-order valence-electron chi connectivity index (χ1n) is 6.66. The smallest absolute Gasteiger partial charge is 0.122 e. The van der Waals surface area contributed by atoms with Crippen molar-refractivity contribution in [2.45, 2.75) is 26.7 Å². The largest absolute Gasteiger partial charge is 0.493 e. The van der Waals surface area contributed by atoms with Crippen LogP contribution in [0, 0.1) is 0 Å². The summed E-state index contributed by atoms with van der Waals surface area (Å²) in [6, 6.07) is 16.9. The van der Waals surface area contributed by atoms with E-state index in [-0.39, 0.29) is 0 Å². The van der Waals surface area contributed by atoms with E-state index < -0.39 is 0 Å². The van der Waals surface area contributed by atoms with Gasteiger partial charge in [-0.15, -0.1) is 0 Å². The van der Waals surface area contributed by atoms with Gasteiger partial charge in [-0.3, -0.25) is 0 Å². The molecule has 0 fully saturated rings. The first-order valence-corrected chi connectivity index (χ1v) is 6.66. The predicted molar refractivity (Wildman–Crippen MR) is 77.0 cm³/mol. The highest BCUT2D eigenvalue weighted by molar-refractivity contribution is 5.65. The molecule has 18 heavy (non-hydrogen) atoms. The number of benzene rings is 2. The van der Waals surface area contributed by atoms with Crippen LogP contribution >= 0.6 is 0 Å². The van der Waals surface area contributed by atoms with Gasteiger partial charge in [0.25, 0.3) is 0 Å². The lowest BCUT2D eigenvalue weighted by atomic mass is 10.0. The van der Waals surface area contributed by atoms with Crippen molar-refractivity contribution in [1.82, 2.24) is 0 Å². The van der Waals surface area contributed by atoms with Gasteiger partial charge in [0.05, 0.1) is 6.61 Å². The Hall–Kier alpha value is -1.76. The summed E-state index contributed by atoms with van der Waals surface area (Å²) < 4.78 is 5.77. The van der Waals surface area contributed by atoms with Crippen molar-refractivity contribution in [3.63, 3.8) is 0 Å². The van der Waals surface area contributed by atoms with Crippen LogP contribution in [0.3, 0.4) is 0 Å². The normalized spacial score (nSPS) is 10.3. The van der Waals surface area contributed by atoms with E-state index in [1.165, 1.54) is 16.7 Å². The molecular formula is C17H20O. The van der Waals surface area contributed by atoms with E-state index in [4.69, 9.17) is 4.74 Å². The molecule has 0 atom stereocenters. The van der Waals surface area contributed by atoms with Crippen molar-refractivity contribution in [1.29, 1.82) is 0 Å². The van der Waals surface area contributed by atoms with E-state index in [0.29, 0.717) is 0 Å². The Bertz CT molecular complexity index is 488. The minimum absolute atomic E-state index is 0.789. The molecule has 0 aromatic heterocycles. The fourth-order valence-corrected chi connectivity index (χ4v) is 2.02. The molecule has 0 heterocycles. The third kappa shape index (κ3) is 2.92. The number of aryl methyl sites for hydroxylation is 1. The molecule has 0 spiro atoms. The summed E-state index contributed by atoms with van der Waals surface area (Å²) in [5.74, 6) is 1.03. The molecule has 1 nitrogen and oxygen atoms in total. The third-order valence-electron chi connectivity index (χ3n) is 3.01. The van der Waals surface area contributed by atoms with E-state index in [1.54, 1.807) is 0 Å². The van der Waals surface area contributed by atoms with Gasteiger partial charge in [0, 0.05) is 0 Å². The highest BCUT2D eigenvalue weighted by Crippen LogP contribution is 2.27. The Kier molecular flexibility index (Phi) is 4.40. The third-order valence-corrected chi connectivity index (χ3v) is 3.01. The second-order valence-corrected chi connectivity index (χ2v) is 4.39.